The van der Waals surface area contributed by atoms with Crippen LogP contribution >= 0.6 is 0 Å². The average Bonchev–Trinajstić information content (AvgIpc) is 3.22. The smallest absolute Gasteiger partial charge is 0.269 e. The predicted molar refractivity (Wildman–Crippen MR) is 91.4 cm³/mol. The number of carbonyl (C=O) groups excluding carboxylic acids is 1. The van der Waals surface area contributed by atoms with E-state index in [4.69, 9.17) is 0 Å². The van der Waals surface area contributed by atoms with Gasteiger partial charge in [-0.1, -0.05) is 0 Å². The van der Waals surface area contributed by atoms with Crippen molar-refractivity contribution in [2.24, 2.45) is 7.05 Å². The number of amides is 1. The highest BCUT2D eigenvalue weighted by molar-refractivity contribution is 5.92. The topological polar surface area (TPSA) is 93.2 Å². The molecule has 0 spiro atoms. The van der Waals surface area contributed by atoms with Gasteiger partial charge in [0.15, 0.2) is 0 Å². The molecule has 1 unspecified atom stereocenters. The first-order chi connectivity index (χ1) is 12.1. The van der Waals surface area contributed by atoms with Crippen molar-refractivity contribution in [2.75, 3.05) is 18.0 Å². The number of hydrogen-bond donors (Lipinski definition) is 1. The van der Waals surface area contributed by atoms with Crippen LogP contribution in [0.2, 0.25) is 0 Å². The lowest BCUT2D eigenvalue weighted by Crippen LogP contribution is -2.48. The Morgan fingerprint density at radius 2 is 2.24 bits per heavy atom. The van der Waals surface area contributed by atoms with Gasteiger partial charge >= 0.3 is 0 Å². The number of fused-ring (bicyclic) bond motifs is 1. The number of hydrogen-bond acceptors (Lipinski definition) is 6. The van der Waals surface area contributed by atoms with E-state index in [0.717, 1.165) is 37.4 Å². The average molecular weight is 340 g/mol. The van der Waals surface area contributed by atoms with Crippen molar-refractivity contribution in [3.05, 3.63) is 36.0 Å². The number of piperidine rings is 1. The molecule has 1 saturated heterocycles. The Kier molecular flexibility index (Phi) is 3.83. The zero-order chi connectivity index (χ0) is 17.4. The van der Waals surface area contributed by atoms with Gasteiger partial charge in [0.1, 0.15) is 17.8 Å². The van der Waals surface area contributed by atoms with E-state index in [2.05, 4.69) is 30.4 Å². The summed E-state index contributed by atoms with van der Waals surface area (Å²) in [6.45, 7) is 3.59. The molecule has 0 radical (unpaired) electrons. The molecule has 1 amide bonds. The van der Waals surface area contributed by atoms with E-state index in [1.807, 2.05) is 13.0 Å². The number of aromatic nitrogens is 6. The molecular formula is C16H20N8O. The van der Waals surface area contributed by atoms with E-state index in [1.54, 1.807) is 28.5 Å². The van der Waals surface area contributed by atoms with Crippen LogP contribution in [0.1, 0.15) is 29.0 Å². The van der Waals surface area contributed by atoms with E-state index >= 15 is 0 Å². The molecule has 1 N–H and O–H groups in total. The van der Waals surface area contributed by atoms with Crippen LogP contribution in [0.3, 0.4) is 0 Å². The first-order valence-corrected chi connectivity index (χ1v) is 8.33. The van der Waals surface area contributed by atoms with E-state index < -0.39 is 0 Å². The Morgan fingerprint density at radius 3 is 3.04 bits per heavy atom. The Bertz CT molecular complexity index is 914. The molecule has 1 fully saturated rings. The molecule has 4 rings (SSSR count). The lowest BCUT2D eigenvalue weighted by Gasteiger charge is -2.34. The van der Waals surface area contributed by atoms with Gasteiger partial charge in [0.2, 0.25) is 0 Å². The first kappa shape index (κ1) is 15.6. The fourth-order valence-electron chi connectivity index (χ4n) is 3.30. The molecule has 3 aromatic rings. The van der Waals surface area contributed by atoms with Crippen LogP contribution in [0.4, 0.5) is 5.82 Å². The first-order valence-electron chi connectivity index (χ1n) is 8.33. The lowest BCUT2D eigenvalue weighted by atomic mass is 10.1. The van der Waals surface area contributed by atoms with Gasteiger partial charge in [-0.3, -0.25) is 9.48 Å². The summed E-state index contributed by atoms with van der Waals surface area (Å²) in [6, 6.07) is 3.80. The van der Waals surface area contributed by atoms with E-state index in [-0.39, 0.29) is 11.9 Å². The van der Waals surface area contributed by atoms with Gasteiger partial charge in [0.05, 0.1) is 0 Å². The molecule has 4 heterocycles. The third-order valence-corrected chi connectivity index (χ3v) is 4.50. The number of nitrogens with zero attached hydrogens (tertiary/aromatic N) is 7. The summed E-state index contributed by atoms with van der Waals surface area (Å²) in [5, 5.41) is 11.4. The van der Waals surface area contributed by atoms with Crippen LogP contribution in [0, 0.1) is 6.92 Å². The molecule has 1 atom stereocenters. The van der Waals surface area contributed by atoms with Gasteiger partial charge in [-0.2, -0.15) is 19.7 Å². The fourth-order valence-corrected chi connectivity index (χ4v) is 3.30. The van der Waals surface area contributed by atoms with Crippen LogP contribution in [0.15, 0.2) is 24.7 Å². The molecule has 1 aliphatic heterocycles. The molecule has 9 heteroatoms. The second-order valence-electron chi connectivity index (χ2n) is 6.33. The lowest BCUT2D eigenvalue weighted by molar-refractivity contribution is 0.0923. The molecule has 3 aromatic heterocycles. The van der Waals surface area contributed by atoms with Crippen molar-refractivity contribution in [3.8, 4) is 0 Å². The number of aryl methyl sites for hydroxylation is 2. The summed E-state index contributed by atoms with van der Waals surface area (Å²) in [5.41, 5.74) is 1.46. The SMILES string of the molecule is Cc1cc(N2CCCC(NC(=O)c3ccnn3C)C2)n2ncnc2n1. The maximum absolute atomic E-state index is 12.4. The van der Waals surface area contributed by atoms with Crippen molar-refractivity contribution in [2.45, 2.75) is 25.8 Å². The van der Waals surface area contributed by atoms with Crippen LogP contribution in [0.25, 0.3) is 5.78 Å². The van der Waals surface area contributed by atoms with Crippen molar-refractivity contribution in [3.63, 3.8) is 0 Å². The molecule has 0 aliphatic carbocycles. The zero-order valence-corrected chi connectivity index (χ0v) is 14.3. The standard InChI is InChI=1S/C16H20N8O/c1-11-8-14(24-16(20-11)17-10-19-24)23-7-3-4-12(9-23)21-15(25)13-5-6-18-22(13)2/h5-6,8,10,12H,3-4,7,9H2,1-2H3,(H,21,25). The summed E-state index contributed by atoms with van der Waals surface area (Å²) in [6.07, 6.45) is 5.08. The molecule has 25 heavy (non-hydrogen) atoms. The summed E-state index contributed by atoms with van der Waals surface area (Å²) >= 11 is 0. The molecule has 0 bridgehead atoms. The molecular weight excluding hydrogens is 320 g/mol. The van der Waals surface area contributed by atoms with E-state index in [9.17, 15) is 4.79 Å². The molecule has 1 aliphatic rings. The quantitative estimate of drug-likeness (QED) is 0.749. The van der Waals surface area contributed by atoms with Gasteiger partial charge in [0.25, 0.3) is 11.7 Å². The van der Waals surface area contributed by atoms with Gasteiger partial charge < -0.3 is 10.2 Å². The monoisotopic (exact) mass is 340 g/mol. The van der Waals surface area contributed by atoms with Gasteiger partial charge in [-0.25, -0.2) is 4.98 Å². The van der Waals surface area contributed by atoms with E-state index in [1.165, 1.54) is 6.33 Å². The van der Waals surface area contributed by atoms with Gasteiger partial charge in [0, 0.05) is 44.1 Å². The third-order valence-electron chi connectivity index (χ3n) is 4.50. The summed E-state index contributed by atoms with van der Waals surface area (Å²) in [7, 11) is 1.77. The van der Waals surface area contributed by atoms with Crippen molar-refractivity contribution < 1.29 is 4.79 Å². The van der Waals surface area contributed by atoms with Crippen LogP contribution in [-0.2, 0) is 7.05 Å². The number of carbonyl (C=O) groups is 1. The summed E-state index contributed by atoms with van der Waals surface area (Å²) in [4.78, 5) is 23.2. The van der Waals surface area contributed by atoms with Crippen molar-refractivity contribution >= 4 is 17.5 Å². The van der Waals surface area contributed by atoms with Crippen molar-refractivity contribution in [1.82, 2.24) is 34.7 Å². The number of anilines is 1. The molecule has 130 valence electrons. The number of nitrogens with one attached hydrogen (secondary N) is 1. The minimum atomic E-state index is -0.0938. The largest absolute Gasteiger partial charge is 0.354 e. The summed E-state index contributed by atoms with van der Waals surface area (Å²) in [5.74, 6) is 1.46. The highest BCUT2D eigenvalue weighted by Gasteiger charge is 2.25. The van der Waals surface area contributed by atoms with Crippen LogP contribution < -0.4 is 10.2 Å². The predicted octanol–water partition coefficient (Wildman–Crippen LogP) is 0.565. The highest BCUT2D eigenvalue weighted by Crippen LogP contribution is 2.21. The van der Waals surface area contributed by atoms with Crippen molar-refractivity contribution in [1.29, 1.82) is 0 Å². The molecule has 0 aromatic carbocycles. The fraction of sp³-hybridized carbons (Fsp3) is 0.438. The maximum atomic E-state index is 12.4. The minimum Gasteiger partial charge on any atom is -0.354 e. The second-order valence-corrected chi connectivity index (χ2v) is 6.33. The Labute approximate surface area is 144 Å². The van der Waals surface area contributed by atoms with Crippen LogP contribution in [-0.4, -0.2) is 54.4 Å². The Hall–Kier alpha value is -2.97. The van der Waals surface area contributed by atoms with Gasteiger partial charge in [-0.05, 0) is 25.8 Å². The molecule has 0 saturated carbocycles. The van der Waals surface area contributed by atoms with E-state index in [0.29, 0.717) is 11.5 Å². The minimum absolute atomic E-state index is 0.0724. The zero-order valence-electron chi connectivity index (χ0n) is 14.3. The van der Waals surface area contributed by atoms with Gasteiger partial charge in [-0.15, -0.1) is 0 Å². The van der Waals surface area contributed by atoms with Crippen LogP contribution in [0.5, 0.6) is 0 Å². The molecule has 9 nitrogen and oxygen atoms in total. The third kappa shape index (κ3) is 2.92. The second kappa shape index (κ2) is 6.15. The number of rotatable bonds is 3. The Balaban J connectivity index is 1.54. The normalized spacial score (nSPS) is 17.8. The maximum Gasteiger partial charge on any atom is 0.269 e. The Morgan fingerprint density at radius 1 is 1.36 bits per heavy atom. The summed E-state index contributed by atoms with van der Waals surface area (Å²) < 4.78 is 3.33. The highest BCUT2D eigenvalue weighted by atomic mass is 16.2.